The zero-order valence-electron chi connectivity index (χ0n) is 12.6. The number of nitrogens with one attached hydrogen (secondary N) is 1. The van der Waals surface area contributed by atoms with E-state index in [0.717, 1.165) is 37.2 Å². The van der Waals surface area contributed by atoms with Gasteiger partial charge in [0.05, 0.1) is 0 Å². The number of anilines is 1. The molecule has 0 unspecified atom stereocenters. The number of aryl methyl sites for hydroxylation is 2. The van der Waals surface area contributed by atoms with E-state index in [1.54, 1.807) is 11.0 Å². The molecule has 0 bridgehead atoms. The van der Waals surface area contributed by atoms with E-state index >= 15 is 0 Å². The summed E-state index contributed by atoms with van der Waals surface area (Å²) in [5.74, 6) is 0.0728. The molecule has 5 heteroatoms. The van der Waals surface area contributed by atoms with Gasteiger partial charge in [-0.15, -0.1) is 0 Å². The first-order valence-corrected chi connectivity index (χ1v) is 7.28. The van der Waals surface area contributed by atoms with E-state index in [9.17, 15) is 9.59 Å². The minimum absolute atomic E-state index is 0.0989. The van der Waals surface area contributed by atoms with Gasteiger partial charge in [-0.25, -0.2) is 4.98 Å². The number of nitrogens with zero attached hydrogens (tertiary/aromatic N) is 2. The number of rotatable bonds is 3. The van der Waals surface area contributed by atoms with Crippen molar-refractivity contribution in [3.8, 4) is 0 Å². The van der Waals surface area contributed by atoms with Crippen LogP contribution in [-0.2, 0) is 9.59 Å². The maximum absolute atomic E-state index is 11.9. The van der Waals surface area contributed by atoms with Crippen LogP contribution < -0.4 is 5.32 Å². The third-order valence-corrected chi connectivity index (χ3v) is 3.39. The Kier molecular flexibility index (Phi) is 5.09. The molecule has 2 rings (SSSR count). The number of pyridine rings is 1. The molecule has 0 atom stereocenters. The minimum Gasteiger partial charge on any atom is -0.339 e. The van der Waals surface area contributed by atoms with Gasteiger partial charge in [0, 0.05) is 30.9 Å². The Morgan fingerprint density at radius 1 is 1.14 bits per heavy atom. The van der Waals surface area contributed by atoms with Crippen molar-refractivity contribution >= 4 is 17.6 Å². The highest BCUT2D eigenvalue weighted by molar-refractivity contribution is 6.03. The first-order valence-electron chi connectivity index (χ1n) is 7.28. The summed E-state index contributed by atoms with van der Waals surface area (Å²) in [7, 11) is 0. The van der Waals surface area contributed by atoms with Crippen molar-refractivity contribution < 1.29 is 9.59 Å². The highest BCUT2D eigenvalue weighted by atomic mass is 16.2. The molecule has 1 aromatic heterocycles. The van der Waals surface area contributed by atoms with Crippen LogP contribution in [0.5, 0.6) is 0 Å². The SMILES string of the molecule is Cc1cc(C)nc(NC(=O)/C=C/C(=O)N2CCCCC2)c1. The molecule has 0 radical (unpaired) electrons. The lowest BCUT2D eigenvalue weighted by Gasteiger charge is -2.25. The van der Waals surface area contributed by atoms with E-state index in [-0.39, 0.29) is 11.8 Å². The van der Waals surface area contributed by atoms with Gasteiger partial charge in [-0.3, -0.25) is 9.59 Å². The molecule has 0 aliphatic carbocycles. The van der Waals surface area contributed by atoms with Crippen LogP contribution in [0.4, 0.5) is 5.82 Å². The third-order valence-electron chi connectivity index (χ3n) is 3.39. The van der Waals surface area contributed by atoms with Crippen molar-refractivity contribution in [3.63, 3.8) is 0 Å². The average molecular weight is 287 g/mol. The number of hydrogen-bond acceptors (Lipinski definition) is 3. The molecule has 2 amide bonds. The van der Waals surface area contributed by atoms with E-state index in [1.165, 1.54) is 18.6 Å². The van der Waals surface area contributed by atoms with Gasteiger partial charge in [0.25, 0.3) is 0 Å². The smallest absolute Gasteiger partial charge is 0.249 e. The maximum atomic E-state index is 11.9. The molecule has 1 N–H and O–H groups in total. The van der Waals surface area contributed by atoms with Crippen LogP contribution in [0.15, 0.2) is 24.3 Å². The Balaban J connectivity index is 1.91. The lowest BCUT2D eigenvalue weighted by molar-refractivity contribution is -0.127. The molecule has 21 heavy (non-hydrogen) atoms. The molecule has 1 aliphatic heterocycles. The molecule has 1 saturated heterocycles. The molecule has 5 nitrogen and oxygen atoms in total. The van der Waals surface area contributed by atoms with Gasteiger partial charge in [-0.05, 0) is 50.8 Å². The summed E-state index contributed by atoms with van der Waals surface area (Å²) >= 11 is 0. The average Bonchev–Trinajstić information content (AvgIpc) is 2.44. The highest BCUT2D eigenvalue weighted by Gasteiger charge is 2.14. The topological polar surface area (TPSA) is 62.3 Å². The number of amides is 2. The second-order valence-electron chi connectivity index (χ2n) is 5.38. The van der Waals surface area contributed by atoms with Crippen LogP contribution in [0.25, 0.3) is 0 Å². The third kappa shape index (κ3) is 4.70. The molecule has 1 aromatic rings. The van der Waals surface area contributed by atoms with Gasteiger partial charge >= 0.3 is 0 Å². The predicted octanol–water partition coefficient (Wildman–Crippen LogP) is 2.21. The van der Waals surface area contributed by atoms with Crippen molar-refractivity contribution in [1.29, 1.82) is 0 Å². The molecule has 112 valence electrons. The number of carbonyl (C=O) groups is 2. The van der Waals surface area contributed by atoms with Crippen molar-refractivity contribution in [2.45, 2.75) is 33.1 Å². The van der Waals surface area contributed by atoms with Gasteiger partial charge in [-0.1, -0.05) is 0 Å². The van der Waals surface area contributed by atoms with Gasteiger partial charge < -0.3 is 10.2 Å². The zero-order valence-corrected chi connectivity index (χ0v) is 12.6. The number of carbonyl (C=O) groups excluding carboxylic acids is 2. The van der Waals surface area contributed by atoms with Gasteiger partial charge in [0.1, 0.15) is 5.82 Å². The van der Waals surface area contributed by atoms with Gasteiger partial charge in [0.2, 0.25) is 11.8 Å². The van der Waals surface area contributed by atoms with Crippen LogP contribution in [-0.4, -0.2) is 34.8 Å². The fourth-order valence-corrected chi connectivity index (χ4v) is 2.44. The maximum Gasteiger partial charge on any atom is 0.249 e. The summed E-state index contributed by atoms with van der Waals surface area (Å²) in [5, 5.41) is 2.67. The van der Waals surface area contributed by atoms with Crippen LogP contribution in [0.2, 0.25) is 0 Å². The van der Waals surface area contributed by atoms with Crippen molar-refractivity contribution in [2.75, 3.05) is 18.4 Å². The molecule has 2 heterocycles. The quantitative estimate of drug-likeness (QED) is 0.867. The summed E-state index contributed by atoms with van der Waals surface area (Å²) in [6, 6.07) is 3.73. The van der Waals surface area contributed by atoms with E-state index in [0.29, 0.717) is 5.82 Å². The normalized spacial score (nSPS) is 15.2. The first-order chi connectivity index (χ1) is 10.0. The standard InChI is InChI=1S/C16H21N3O2/c1-12-10-13(2)17-14(11-12)18-15(20)6-7-16(21)19-8-4-3-5-9-19/h6-7,10-11H,3-5,8-9H2,1-2H3,(H,17,18,20)/b7-6+. The van der Waals surface area contributed by atoms with Crippen LogP contribution in [0.3, 0.4) is 0 Å². The van der Waals surface area contributed by atoms with Crippen molar-refractivity contribution in [2.24, 2.45) is 0 Å². The van der Waals surface area contributed by atoms with E-state index in [2.05, 4.69) is 10.3 Å². The van der Waals surface area contributed by atoms with Crippen molar-refractivity contribution in [1.82, 2.24) is 9.88 Å². The summed E-state index contributed by atoms with van der Waals surface area (Å²) in [5.41, 5.74) is 1.88. The van der Waals surface area contributed by atoms with Crippen LogP contribution in [0, 0.1) is 13.8 Å². The molecule has 1 fully saturated rings. The molecular weight excluding hydrogens is 266 g/mol. The Labute approximate surface area is 125 Å². The largest absolute Gasteiger partial charge is 0.339 e. The molecule has 0 aromatic carbocycles. The van der Waals surface area contributed by atoms with Crippen LogP contribution in [0.1, 0.15) is 30.5 Å². The molecule has 1 aliphatic rings. The monoisotopic (exact) mass is 287 g/mol. The predicted molar refractivity (Wildman–Crippen MR) is 81.9 cm³/mol. The summed E-state index contributed by atoms with van der Waals surface area (Å²) in [6.45, 7) is 5.38. The lowest BCUT2D eigenvalue weighted by atomic mass is 10.1. The summed E-state index contributed by atoms with van der Waals surface area (Å²) in [4.78, 5) is 29.7. The number of hydrogen-bond donors (Lipinski definition) is 1. The van der Waals surface area contributed by atoms with E-state index in [4.69, 9.17) is 0 Å². The number of likely N-dealkylation sites (tertiary alicyclic amines) is 1. The molecule has 0 spiro atoms. The molecular formula is C16H21N3O2. The second kappa shape index (κ2) is 7.02. The minimum atomic E-state index is -0.335. The highest BCUT2D eigenvalue weighted by Crippen LogP contribution is 2.10. The summed E-state index contributed by atoms with van der Waals surface area (Å²) in [6.07, 6.45) is 5.86. The zero-order chi connectivity index (χ0) is 15.2. The van der Waals surface area contributed by atoms with Crippen LogP contribution >= 0.6 is 0 Å². The van der Waals surface area contributed by atoms with E-state index in [1.807, 2.05) is 19.9 Å². The summed E-state index contributed by atoms with van der Waals surface area (Å²) < 4.78 is 0. The molecule has 0 saturated carbocycles. The fraction of sp³-hybridized carbons (Fsp3) is 0.438. The Bertz CT molecular complexity index is 540. The van der Waals surface area contributed by atoms with Gasteiger partial charge in [-0.2, -0.15) is 0 Å². The second-order valence-corrected chi connectivity index (χ2v) is 5.38. The van der Waals surface area contributed by atoms with E-state index < -0.39 is 0 Å². The Morgan fingerprint density at radius 2 is 1.86 bits per heavy atom. The number of aromatic nitrogens is 1. The first kappa shape index (κ1) is 15.2. The Morgan fingerprint density at radius 3 is 2.52 bits per heavy atom. The fourth-order valence-electron chi connectivity index (χ4n) is 2.44. The number of piperidine rings is 1. The Hall–Kier alpha value is -2.17. The lowest BCUT2D eigenvalue weighted by Crippen LogP contribution is -2.34. The van der Waals surface area contributed by atoms with Gasteiger partial charge in [0.15, 0.2) is 0 Å². The van der Waals surface area contributed by atoms with Crippen molar-refractivity contribution in [3.05, 3.63) is 35.5 Å².